The molecule has 2 aromatic rings. The summed E-state index contributed by atoms with van der Waals surface area (Å²) in [6.45, 7) is 2.19. The van der Waals surface area contributed by atoms with Crippen LogP contribution in [0.3, 0.4) is 0 Å². The Labute approximate surface area is 136 Å². The number of allylic oxidation sites excluding steroid dienone is 1. The predicted octanol–water partition coefficient (Wildman–Crippen LogP) is 4.08. The summed E-state index contributed by atoms with van der Waals surface area (Å²) >= 11 is 0. The molecule has 0 aliphatic heterocycles. The van der Waals surface area contributed by atoms with Gasteiger partial charge in [-0.05, 0) is 36.3 Å². The van der Waals surface area contributed by atoms with Crippen molar-refractivity contribution in [3.8, 4) is 29.9 Å². The van der Waals surface area contributed by atoms with Gasteiger partial charge in [-0.15, -0.1) is 6.42 Å². The van der Waals surface area contributed by atoms with Crippen LogP contribution >= 0.6 is 0 Å². The lowest BCUT2D eigenvalue weighted by Crippen LogP contribution is -1.96. The molecule has 0 amide bonds. The van der Waals surface area contributed by atoms with Crippen LogP contribution in [-0.4, -0.2) is 13.7 Å². The summed E-state index contributed by atoms with van der Waals surface area (Å²) in [5, 5.41) is 9.41. The Morgan fingerprint density at radius 3 is 2.52 bits per heavy atom. The van der Waals surface area contributed by atoms with Crippen molar-refractivity contribution in [3.05, 3.63) is 59.2 Å². The fourth-order valence-corrected chi connectivity index (χ4v) is 2.09. The van der Waals surface area contributed by atoms with Crippen LogP contribution in [0.25, 0.3) is 11.6 Å². The molecule has 2 rings (SSSR count). The molecule has 0 saturated carbocycles. The summed E-state index contributed by atoms with van der Waals surface area (Å²) in [5.41, 5.74) is 3.48. The Bertz CT molecular complexity index is 790. The van der Waals surface area contributed by atoms with Crippen LogP contribution in [-0.2, 0) is 0 Å². The van der Waals surface area contributed by atoms with E-state index in [1.807, 2.05) is 49.4 Å². The summed E-state index contributed by atoms with van der Waals surface area (Å²) in [6, 6.07) is 15.5. The molecule has 3 nitrogen and oxygen atoms in total. The van der Waals surface area contributed by atoms with Gasteiger partial charge in [-0.25, -0.2) is 0 Å². The van der Waals surface area contributed by atoms with Crippen LogP contribution in [0.1, 0.15) is 16.7 Å². The fourth-order valence-electron chi connectivity index (χ4n) is 2.09. The van der Waals surface area contributed by atoms with Crippen molar-refractivity contribution >= 4 is 11.6 Å². The van der Waals surface area contributed by atoms with Crippen molar-refractivity contribution in [1.29, 1.82) is 5.26 Å². The highest BCUT2D eigenvalue weighted by Crippen LogP contribution is 2.29. The molecule has 0 atom stereocenters. The fraction of sp³-hybridized carbons (Fsp3) is 0.150. The van der Waals surface area contributed by atoms with E-state index in [0.717, 1.165) is 16.7 Å². The summed E-state index contributed by atoms with van der Waals surface area (Å²) < 4.78 is 10.7. The van der Waals surface area contributed by atoms with Crippen LogP contribution < -0.4 is 9.47 Å². The van der Waals surface area contributed by atoms with Gasteiger partial charge in [-0.1, -0.05) is 41.8 Å². The standard InChI is InChI=1S/C20H17NO2/c1-4-11-23-19-10-7-16(13-20(19)22-3)12-18(14-21)17-8-5-15(2)6-9-17/h1,5-10,12-13H,11H2,2-3H3/b18-12+. The van der Waals surface area contributed by atoms with Gasteiger partial charge in [-0.3, -0.25) is 0 Å². The van der Waals surface area contributed by atoms with Crippen molar-refractivity contribution in [1.82, 2.24) is 0 Å². The minimum Gasteiger partial charge on any atom is -0.493 e. The molecular formula is C20H17NO2. The van der Waals surface area contributed by atoms with E-state index in [1.165, 1.54) is 0 Å². The number of rotatable bonds is 5. The molecule has 0 fully saturated rings. The summed E-state index contributed by atoms with van der Waals surface area (Å²) in [4.78, 5) is 0. The van der Waals surface area contributed by atoms with Crippen molar-refractivity contribution < 1.29 is 9.47 Å². The Morgan fingerprint density at radius 2 is 1.91 bits per heavy atom. The third-order valence-corrected chi connectivity index (χ3v) is 3.29. The quantitative estimate of drug-likeness (QED) is 0.475. The lowest BCUT2D eigenvalue weighted by Gasteiger charge is -2.09. The first-order valence-electron chi connectivity index (χ1n) is 7.11. The Balaban J connectivity index is 2.35. The second kappa shape index (κ2) is 7.73. The molecule has 23 heavy (non-hydrogen) atoms. The van der Waals surface area contributed by atoms with E-state index in [2.05, 4.69) is 12.0 Å². The van der Waals surface area contributed by atoms with Crippen molar-refractivity contribution in [3.63, 3.8) is 0 Å². The molecule has 3 heteroatoms. The zero-order valence-corrected chi connectivity index (χ0v) is 13.2. The number of hydrogen-bond donors (Lipinski definition) is 0. The van der Waals surface area contributed by atoms with E-state index in [4.69, 9.17) is 15.9 Å². The lowest BCUT2D eigenvalue weighted by atomic mass is 10.0. The highest BCUT2D eigenvalue weighted by Gasteiger charge is 2.06. The molecule has 0 aromatic heterocycles. The smallest absolute Gasteiger partial charge is 0.162 e. The van der Waals surface area contributed by atoms with Crippen LogP contribution in [0.5, 0.6) is 11.5 Å². The molecule has 0 spiro atoms. The Kier molecular flexibility index (Phi) is 5.45. The van der Waals surface area contributed by atoms with E-state index in [9.17, 15) is 5.26 Å². The molecule has 0 aliphatic carbocycles. The molecule has 0 heterocycles. The molecule has 0 N–H and O–H groups in total. The largest absolute Gasteiger partial charge is 0.493 e. The van der Waals surface area contributed by atoms with Gasteiger partial charge in [0.05, 0.1) is 18.8 Å². The number of nitriles is 1. The van der Waals surface area contributed by atoms with E-state index in [0.29, 0.717) is 17.1 Å². The van der Waals surface area contributed by atoms with Crippen LogP contribution in [0.15, 0.2) is 42.5 Å². The van der Waals surface area contributed by atoms with Gasteiger partial charge >= 0.3 is 0 Å². The molecule has 114 valence electrons. The molecule has 0 bridgehead atoms. The van der Waals surface area contributed by atoms with Gasteiger partial charge in [0.1, 0.15) is 6.61 Å². The first-order chi connectivity index (χ1) is 11.2. The number of benzene rings is 2. The molecule has 0 aliphatic rings. The molecule has 0 unspecified atom stereocenters. The molecule has 0 saturated heterocycles. The van der Waals surface area contributed by atoms with Crippen molar-refractivity contribution in [2.24, 2.45) is 0 Å². The number of nitrogens with zero attached hydrogens (tertiary/aromatic N) is 1. The first kappa shape index (κ1) is 16.2. The van der Waals surface area contributed by atoms with E-state index < -0.39 is 0 Å². The Morgan fingerprint density at radius 1 is 1.17 bits per heavy atom. The van der Waals surface area contributed by atoms with Crippen LogP contribution in [0.4, 0.5) is 0 Å². The van der Waals surface area contributed by atoms with E-state index in [1.54, 1.807) is 13.2 Å². The average molecular weight is 303 g/mol. The van der Waals surface area contributed by atoms with Gasteiger partial charge in [0.2, 0.25) is 0 Å². The normalized spacial score (nSPS) is 10.5. The topological polar surface area (TPSA) is 42.2 Å². The monoisotopic (exact) mass is 303 g/mol. The molecule has 0 radical (unpaired) electrons. The highest BCUT2D eigenvalue weighted by atomic mass is 16.5. The second-order valence-electron chi connectivity index (χ2n) is 4.94. The maximum atomic E-state index is 9.41. The number of aryl methyl sites for hydroxylation is 1. The van der Waals surface area contributed by atoms with Gasteiger partial charge < -0.3 is 9.47 Å². The zero-order chi connectivity index (χ0) is 16.7. The number of ether oxygens (including phenoxy) is 2. The predicted molar refractivity (Wildman–Crippen MR) is 92.0 cm³/mol. The second-order valence-corrected chi connectivity index (χ2v) is 4.94. The summed E-state index contributed by atoms with van der Waals surface area (Å²) in [7, 11) is 1.57. The maximum absolute atomic E-state index is 9.41. The number of terminal acetylenes is 1. The molecular weight excluding hydrogens is 286 g/mol. The summed E-state index contributed by atoms with van der Waals surface area (Å²) in [6.07, 6.45) is 7.01. The van der Waals surface area contributed by atoms with E-state index in [-0.39, 0.29) is 6.61 Å². The van der Waals surface area contributed by atoms with Gasteiger partial charge in [-0.2, -0.15) is 5.26 Å². The van der Waals surface area contributed by atoms with Gasteiger partial charge in [0, 0.05) is 0 Å². The zero-order valence-electron chi connectivity index (χ0n) is 13.2. The minimum absolute atomic E-state index is 0.179. The third-order valence-electron chi connectivity index (χ3n) is 3.29. The Hall–Kier alpha value is -3.17. The summed E-state index contributed by atoms with van der Waals surface area (Å²) in [5.74, 6) is 3.58. The number of methoxy groups -OCH3 is 1. The minimum atomic E-state index is 0.179. The van der Waals surface area contributed by atoms with Crippen molar-refractivity contribution in [2.75, 3.05) is 13.7 Å². The van der Waals surface area contributed by atoms with Gasteiger partial charge in [0.15, 0.2) is 11.5 Å². The van der Waals surface area contributed by atoms with Crippen LogP contribution in [0.2, 0.25) is 0 Å². The van der Waals surface area contributed by atoms with Gasteiger partial charge in [0.25, 0.3) is 0 Å². The highest BCUT2D eigenvalue weighted by molar-refractivity contribution is 5.89. The molecule has 2 aromatic carbocycles. The number of hydrogen-bond acceptors (Lipinski definition) is 3. The SMILES string of the molecule is C#CCOc1ccc(/C=C(\C#N)c2ccc(C)cc2)cc1OC. The average Bonchev–Trinajstić information content (AvgIpc) is 2.59. The van der Waals surface area contributed by atoms with E-state index >= 15 is 0 Å². The first-order valence-corrected chi connectivity index (χ1v) is 7.11. The van der Waals surface area contributed by atoms with Crippen LogP contribution in [0, 0.1) is 30.6 Å². The lowest BCUT2D eigenvalue weighted by molar-refractivity contribution is 0.331. The van der Waals surface area contributed by atoms with Crippen molar-refractivity contribution in [2.45, 2.75) is 6.92 Å². The third kappa shape index (κ3) is 4.15. The maximum Gasteiger partial charge on any atom is 0.162 e.